The fraction of sp³-hybridized carbons (Fsp3) is 0.314. The van der Waals surface area contributed by atoms with Crippen molar-refractivity contribution in [2.24, 2.45) is 0 Å². The molecule has 0 aromatic heterocycles. The van der Waals surface area contributed by atoms with Gasteiger partial charge in [0.15, 0.2) is 18.1 Å². The maximum atomic E-state index is 13.1. The normalized spacial score (nSPS) is 15.7. The Hall–Kier alpha value is -4.81. The molecule has 0 unspecified atom stereocenters. The molecule has 2 aliphatic rings. The lowest BCUT2D eigenvalue weighted by molar-refractivity contribution is -0.127. The van der Waals surface area contributed by atoms with Gasteiger partial charge in [0.2, 0.25) is 5.91 Å². The van der Waals surface area contributed by atoms with Crippen molar-refractivity contribution in [1.29, 1.82) is 0 Å². The molecule has 3 aromatic carbocycles. The zero-order chi connectivity index (χ0) is 33.3. The van der Waals surface area contributed by atoms with Gasteiger partial charge < -0.3 is 29.7 Å². The summed E-state index contributed by atoms with van der Waals surface area (Å²) in [5.74, 6) is -0.368. The Labute approximate surface area is 278 Å². The molecule has 0 spiro atoms. The van der Waals surface area contributed by atoms with Crippen LogP contribution in [-0.2, 0) is 19.1 Å². The minimum Gasteiger partial charge on any atom is -0.490 e. The molecule has 0 bridgehead atoms. The zero-order valence-corrected chi connectivity index (χ0v) is 27.4. The van der Waals surface area contributed by atoms with Gasteiger partial charge in [-0.05, 0) is 84.3 Å². The van der Waals surface area contributed by atoms with Crippen LogP contribution in [-0.4, -0.2) is 73.9 Å². The third-order valence-electron chi connectivity index (χ3n) is 7.48. The molecular formula is C35H38N4O7S. The van der Waals surface area contributed by atoms with Crippen molar-refractivity contribution >= 4 is 57.9 Å². The number of nitrogens with one attached hydrogen (secondary N) is 2. The van der Waals surface area contributed by atoms with Crippen molar-refractivity contribution in [3.05, 3.63) is 82.8 Å². The number of anilines is 3. The van der Waals surface area contributed by atoms with Gasteiger partial charge in [-0.3, -0.25) is 24.1 Å². The number of carbonyl (C=O) groups excluding carboxylic acids is 4. The minimum absolute atomic E-state index is 0.178. The molecule has 0 atom stereocenters. The number of carbonyl (C=O) groups is 4. The number of para-hydroxylation sites is 1. The summed E-state index contributed by atoms with van der Waals surface area (Å²) >= 11 is 0.762. The largest absolute Gasteiger partial charge is 0.490 e. The molecule has 47 heavy (non-hydrogen) atoms. The van der Waals surface area contributed by atoms with E-state index < -0.39 is 23.6 Å². The summed E-state index contributed by atoms with van der Waals surface area (Å²) in [5.41, 5.74) is 3.95. The van der Waals surface area contributed by atoms with Gasteiger partial charge in [-0.2, -0.15) is 0 Å². The number of benzene rings is 3. The van der Waals surface area contributed by atoms with Gasteiger partial charge in [0.1, 0.15) is 6.54 Å². The molecule has 2 N–H and O–H groups in total. The first-order valence-electron chi connectivity index (χ1n) is 15.5. The summed E-state index contributed by atoms with van der Waals surface area (Å²) in [4.78, 5) is 54.6. The van der Waals surface area contributed by atoms with E-state index in [-0.39, 0.29) is 23.3 Å². The van der Waals surface area contributed by atoms with Gasteiger partial charge in [0.05, 0.1) is 24.7 Å². The number of imide groups is 1. The smallest absolute Gasteiger partial charge is 0.294 e. The second-order valence-electron chi connectivity index (χ2n) is 11.2. The van der Waals surface area contributed by atoms with E-state index in [9.17, 15) is 19.2 Å². The van der Waals surface area contributed by atoms with Crippen LogP contribution in [0, 0.1) is 0 Å². The highest BCUT2D eigenvalue weighted by atomic mass is 32.2. The summed E-state index contributed by atoms with van der Waals surface area (Å²) in [6.07, 6.45) is 1.56. The quantitative estimate of drug-likeness (QED) is 0.234. The lowest BCUT2D eigenvalue weighted by Gasteiger charge is -2.28. The van der Waals surface area contributed by atoms with Crippen LogP contribution >= 0.6 is 11.8 Å². The maximum Gasteiger partial charge on any atom is 0.294 e. The van der Waals surface area contributed by atoms with Crippen LogP contribution in [0.4, 0.5) is 21.9 Å². The second kappa shape index (κ2) is 15.7. The van der Waals surface area contributed by atoms with Crippen molar-refractivity contribution in [2.75, 3.05) is 61.6 Å². The summed E-state index contributed by atoms with van der Waals surface area (Å²) in [5, 5.41) is 5.13. The Morgan fingerprint density at radius 2 is 1.68 bits per heavy atom. The van der Waals surface area contributed by atoms with Crippen molar-refractivity contribution in [3.8, 4) is 11.5 Å². The van der Waals surface area contributed by atoms with Crippen LogP contribution < -0.4 is 25.0 Å². The summed E-state index contributed by atoms with van der Waals surface area (Å²) < 4.78 is 16.9. The first kappa shape index (κ1) is 33.6. The molecule has 2 saturated heterocycles. The van der Waals surface area contributed by atoms with Gasteiger partial charge in [0.25, 0.3) is 17.1 Å². The highest BCUT2D eigenvalue weighted by molar-refractivity contribution is 8.18. The predicted octanol–water partition coefficient (Wildman–Crippen LogP) is 5.74. The number of rotatable bonds is 12. The van der Waals surface area contributed by atoms with Crippen LogP contribution in [0.2, 0.25) is 0 Å². The average Bonchev–Trinajstić information content (AvgIpc) is 3.32. The summed E-state index contributed by atoms with van der Waals surface area (Å²) in [7, 11) is 0. The van der Waals surface area contributed by atoms with Crippen molar-refractivity contribution in [2.45, 2.75) is 26.7 Å². The lowest BCUT2D eigenvalue weighted by Crippen LogP contribution is -2.36. The molecule has 12 heteroatoms. The summed E-state index contributed by atoms with van der Waals surface area (Å²) in [6, 6.07) is 20.1. The molecule has 246 valence electrons. The van der Waals surface area contributed by atoms with Gasteiger partial charge in [-0.15, -0.1) is 0 Å². The van der Waals surface area contributed by atoms with E-state index in [0.29, 0.717) is 42.6 Å². The van der Waals surface area contributed by atoms with Gasteiger partial charge in [0, 0.05) is 30.2 Å². The van der Waals surface area contributed by atoms with Crippen LogP contribution in [0.5, 0.6) is 11.5 Å². The first-order valence-corrected chi connectivity index (χ1v) is 16.3. The number of nitrogens with zero attached hydrogens (tertiary/aromatic N) is 2. The van der Waals surface area contributed by atoms with Crippen LogP contribution in [0.25, 0.3) is 6.08 Å². The molecular weight excluding hydrogens is 620 g/mol. The monoisotopic (exact) mass is 658 g/mol. The molecule has 2 fully saturated rings. The molecule has 2 aliphatic heterocycles. The predicted molar refractivity (Wildman–Crippen MR) is 183 cm³/mol. The van der Waals surface area contributed by atoms with E-state index in [1.54, 1.807) is 36.4 Å². The topological polar surface area (TPSA) is 127 Å². The van der Waals surface area contributed by atoms with Gasteiger partial charge in [-0.25, -0.2) is 0 Å². The number of thioether (sulfide) groups is 1. The van der Waals surface area contributed by atoms with Gasteiger partial charge in [-0.1, -0.05) is 38.1 Å². The zero-order valence-electron chi connectivity index (χ0n) is 26.6. The Balaban J connectivity index is 1.18. The third-order valence-corrected chi connectivity index (χ3v) is 8.39. The minimum atomic E-state index is -0.561. The van der Waals surface area contributed by atoms with E-state index in [2.05, 4.69) is 29.4 Å². The SMILES string of the molecule is CCOc1cc(/C=C2/SC(=O)N(CC(=O)Nc3ccc(N4CCOCC4)cc3)C2=O)ccc1OCC(=O)Nc1ccccc1C(C)C. The Kier molecular flexibility index (Phi) is 11.2. The fourth-order valence-electron chi connectivity index (χ4n) is 5.15. The Bertz CT molecular complexity index is 1650. The second-order valence-corrected chi connectivity index (χ2v) is 12.2. The number of morpholine rings is 1. The molecule has 2 heterocycles. The highest BCUT2D eigenvalue weighted by Gasteiger charge is 2.36. The number of hydrogen-bond donors (Lipinski definition) is 2. The highest BCUT2D eigenvalue weighted by Crippen LogP contribution is 2.35. The Morgan fingerprint density at radius 3 is 2.40 bits per heavy atom. The van der Waals surface area contributed by atoms with E-state index in [0.717, 1.165) is 46.7 Å². The lowest BCUT2D eigenvalue weighted by atomic mass is 10.0. The fourth-order valence-corrected chi connectivity index (χ4v) is 5.99. The van der Waals surface area contributed by atoms with Gasteiger partial charge >= 0.3 is 0 Å². The first-order chi connectivity index (χ1) is 22.7. The van der Waals surface area contributed by atoms with Crippen molar-refractivity contribution in [1.82, 2.24) is 4.90 Å². The molecule has 4 amide bonds. The van der Waals surface area contributed by atoms with Crippen molar-refractivity contribution < 1.29 is 33.4 Å². The molecule has 11 nitrogen and oxygen atoms in total. The van der Waals surface area contributed by atoms with E-state index in [4.69, 9.17) is 14.2 Å². The standard InChI is InChI=1S/C35H38N4O7S/c1-4-45-30-19-24(9-14-29(30)46-22-33(41)37-28-8-6-5-7-27(28)23(2)3)20-31-34(42)39(35(43)47-31)21-32(40)36-25-10-12-26(13-11-25)38-15-17-44-18-16-38/h5-14,19-20,23H,4,15-18,21-22H2,1-3H3,(H,36,40)(H,37,41)/b31-20+. The third kappa shape index (κ3) is 8.72. The van der Waals surface area contributed by atoms with Crippen molar-refractivity contribution in [3.63, 3.8) is 0 Å². The average molecular weight is 659 g/mol. The van der Waals surface area contributed by atoms with E-state index in [1.807, 2.05) is 43.3 Å². The number of hydrogen-bond acceptors (Lipinski definition) is 9. The molecule has 0 radical (unpaired) electrons. The Morgan fingerprint density at radius 1 is 0.936 bits per heavy atom. The van der Waals surface area contributed by atoms with Crippen LogP contribution in [0.3, 0.4) is 0 Å². The van der Waals surface area contributed by atoms with E-state index >= 15 is 0 Å². The van der Waals surface area contributed by atoms with Crippen LogP contribution in [0.1, 0.15) is 37.8 Å². The number of amides is 4. The molecule has 3 aromatic rings. The molecule has 0 aliphatic carbocycles. The van der Waals surface area contributed by atoms with E-state index in [1.165, 1.54) is 0 Å². The van der Waals surface area contributed by atoms with Crippen LogP contribution in [0.15, 0.2) is 71.6 Å². The molecule has 0 saturated carbocycles. The summed E-state index contributed by atoms with van der Waals surface area (Å²) in [6.45, 7) is 8.59. The number of ether oxygens (including phenoxy) is 3. The maximum absolute atomic E-state index is 13.1. The molecule has 5 rings (SSSR count).